The van der Waals surface area contributed by atoms with E-state index in [0.717, 1.165) is 0 Å². The molecule has 0 bridgehead atoms. The van der Waals surface area contributed by atoms with E-state index in [9.17, 15) is 22.5 Å². The van der Waals surface area contributed by atoms with Gasteiger partial charge in [-0.15, -0.1) is 0 Å². The third-order valence-corrected chi connectivity index (χ3v) is 6.25. The second kappa shape index (κ2) is 7.62. The van der Waals surface area contributed by atoms with Crippen LogP contribution in [0.5, 0.6) is 5.75 Å². The van der Waals surface area contributed by atoms with Crippen LogP contribution in [0.15, 0.2) is 24.4 Å². The van der Waals surface area contributed by atoms with Crippen molar-refractivity contribution in [1.29, 1.82) is 5.26 Å². The molecule has 0 radical (unpaired) electrons. The fraction of sp³-hybridized carbons (Fsp3) is 0.412. The molecule has 0 amide bonds. The van der Waals surface area contributed by atoms with Crippen LogP contribution in [0, 0.1) is 17.2 Å². The summed E-state index contributed by atoms with van der Waals surface area (Å²) in [5.41, 5.74) is 1.27. The first-order valence-corrected chi connectivity index (χ1v) is 9.94. The molecular weight excluding hydrogens is 378 g/mol. The molecule has 2 heterocycles. The molecule has 2 aromatic rings. The number of rotatable bonds is 7. The Balaban J connectivity index is 1.80. The van der Waals surface area contributed by atoms with Gasteiger partial charge in [0.2, 0.25) is 10.0 Å². The SMILES string of the molecule is CCS(=O)(=O)N1CC(CNc2c(C#N)cnc3ccc(OC(F)F)cc23)C1. The fourth-order valence-electron chi connectivity index (χ4n) is 2.93. The molecular formula is C17H18F2N4O3S. The van der Waals surface area contributed by atoms with Crippen molar-refractivity contribution in [2.75, 3.05) is 30.7 Å². The summed E-state index contributed by atoms with van der Waals surface area (Å²) in [4.78, 5) is 4.16. The first kappa shape index (κ1) is 19.3. The van der Waals surface area contributed by atoms with Gasteiger partial charge in [-0.25, -0.2) is 12.7 Å². The van der Waals surface area contributed by atoms with Crippen LogP contribution in [0.25, 0.3) is 10.9 Å². The number of nitrogens with one attached hydrogen (secondary N) is 1. The largest absolute Gasteiger partial charge is 0.435 e. The second-order valence-corrected chi connectivity index (χ2v) is 8.44. The summed E-state index contributed by atoms with van der Waals surface area (Å²) in [5, 5.41) is 13.0. The Kier molecular flexibility index (Phi) is 5.43. The molecule has 1 aromatic heterocycles. The minimum absolute atomic E-state index is 0.0266. The molecule has 1 aliphatic heterocycles. The number of fused-ring (bicyclic) bond motifs is 1. The minimum atomic E-state index is -3.19. The van der Waals surface area contributed by atoms with Gasteiger partial charge in [0.15, 0.2) is 0 Å². The van der Waals surface area contributed by atoms with E-state index in [4.69, 9.17) is 0 Å². The molecule has 1 saturated heterocycles. The molecule has 1 N–H and O–H groups in total. The number of hydrogen-bond acceptors (Lipinski definition) is 6. The van der Waals surface area contributed by atoms with Crippen molar-refractivity contribution in [3.63, 3.8) is 0 Å². The van der Waals surface area contributed by atoms with Crippen LogP contribution in [0.3, 0.4) is 0 Å². The number of anilines is 1. The van der Waals surface area contributed by atoms with Gasteiger partial charge < -0.3 is 10.1 Å². The first-order chi connectivity index (χ1) is 12.8. The molecule has 0 unspecified atom stereocenters. The summed E-state index contributed by atoms with van der Waals surface area (Å²) in [6, 6.07) is 6.36. The van der Waals surface area contributed by atoms with Crippen molar-refractivity contribution in [1.82, 2.24) is 9.29 Å². The average Bonchev–Trinajstić information content (AvgIpc) is 2.59. The Labute approximate surface area is 155 Å². The fourth-order valence-corrected chi connectivity index (χ4v) is 4.17. The van der Waals surface area contributed by atoms with E-state index < -0.39 is 16.6 Å². The number of pyridine rings is 1. The maximum atomic E-state index is 12.5. The minimum Gasteiger partial charge on any atom is -0.435 e. The lowest BCUT2D eigenvalue weighted by Crippen LogP contribution is -2.52. The Hall–Kier alpha value is -2.51. The number of hydrogen-bond donors (Lipinski definition) is 1. The van der Waals surface area contributed by atoms with Gasteiger partial charge in [0.05, 0.1) is 22.5 Å². The Morgan fingerprint density at radius 2 is 2.19 bits per heavy atom. The number of alkyl halides is 2. The van der Waals surface area contributed by atoms with Crippen molar-refractivity contribution in [3.05, 3.63) is 30.0 Å². The molecule has 1 aliphatic rings. The lowest BCUT2D eigenvalue weighted by Gasteiger charge is -2.38. The van der Waals surface area contributed by atoms with E-state index in [0.29, 0.717) is 36.2 Å². The van der Waals surface area contributed by atoms with Crippen molar-refractivity contribution in [3.8, 4) is 11.8 Å². The molecule has 0 spiro atoms. The van der Waals surface area contributed by atoms with Crippen molar-refractivity contribution < 1.29 is 21.9 Å². The summed E-state index contributed by atoms with van der Waals surface area (Å²) in [5.74, 6) is 0.135. The highest BCUT2D eigenvalue weighted by atomic mass is 32.2. The zero-order chi connectivity index (χ0) is 19.6. The van der Waals surface area contributed by atoms with E-state index in [1.54, 1.807) is 6.92 Å². The molecule has 1 aromatic carbocycles. The molecule has 3 rings (SSSR count). The molecule has 0 saturated carbocycles. The number of benzene rings is 1. The zero-order valence-electron chi connectivity index (χ0n) is 14.5. The normalized spacial score (nSPS) is 15.5. The highest BCUT2D eigenvalue weighted by molar-refractivity contribution is 7.89. The zero-order valence-corrected chi connectivity index (χ0v) is 15.3. The van der Waals surface area contributed by atoms with Crippen LogP contribution >= 0.6 is 0 Å². The molecule has 0 atom stereocenters. The summed E-state index contributed by atoms with van der Waals surface area (Å²) in [7, 11) is -3.19. The number of aromatic nitrogens is 1. The van der Waals surface area contributed by atoms with Crippen molar-refractivity contribution in [2.45, 2.75) is 13.5 Å². The number of sulfonamides is 1. The lowest BCUT2D eigenvalue weighted by molar-refractivity contribution is -0.0497. The van der Waals surface area contributed by atoms with Gasteiger partial charge >= 0.3 is 6.61 Å². The smallest absolute Gasteiger partial charge is 0.387 e. The number of nitrogens with zero attached hydrogens (tertiary/aromatic N) is 3. The van der Waals surface area contributed by atoms with E-state index in [2.05, 4.69) is 15.0 Å². The van der Waals surface area contributed by atoms with Gasteiger partial charge in [-0.1, -0.05) is 0 Å². The quantitative estimate of drug-likeness (QED) is 0.772. The summed E-state index contributed by atoms with van der Waals surface area (Å²) < 4.78 is 54.4. The van der Waals surface area contributed by atoms with Crippen molar-refractivity contribution >= 4 is 26.6 Å². The first-order valence-electron chi connectivity index (χ1n) is 8.33. The average molecular weight is 396 g/mol. The van der Waals surface area contributed by atoms with E-state index in [1.807, 2.05) is 6.07 Å². The van der Waals surface area contributed by atoms with Gasteiger partial charge in [0.1, 0.15) is 11.8 Å². The number of halogens is 2. The Bertz CT molecular complexity index is 986. The predicted molar refractivity (Wildman–Crippen MR) is 96.1 cm³/mol. The molecule has 7 nitrogen and oxygen atoms in total. The van der Waals surface area contributed by atoms with Gasteiger partial charge in [-0.2, -0.15) is 14.0 Å². The summed E-state index contributed by atoms with van der Waals surface area (Å²) in [6.45, 7) is -0.0830. The van der Waals surface area contributed by atoms with Crippen LogP contribution < -0.4 is 10.1 Å². The van der Waals surface area contributed by atoms with Crippen LogP contribution in [0.4, 0.5) is 14.5 Å². The van der Waals surface area contributed by atoms with Gasteiger partial charge in [0, 0.05) is 37.1 Å². The maximum absolute atomic E-state index is 12.5. The topological polar surface area (TPSA) is 95.3 Å². The standard InChI is InChI=1S/C17H18F2N4O3S/c1-2-27(24,25)23-9-11(10-23)7-22-16-12(6-20)8-21-15-4-3-13(5-14(15)16)26-17(18)19/h3-5,8,11,17H,2,7,9-10H2,1H3,(H,21,22). The van der Waals surface area contributed by atoms with E-state index in [-0.39, 0.29) is 23.0 Å². The Morgan fingerprint density at radius 1 is 1.44 bits per heavy atom. The van der Waals surface area contributed by atoms with Crippen LogP contribution in [-0.4, -0.2) is 49.7 Å². The van der Waals surface area contributed by atoms with Crippen LogP contribution in [0.1, 0.15) is 12.5 Å². The van der Waals surface area contributed by atoms with E-state index in [1.165, 1.54) is 28.7 Å². The van der Waals surface area contributed by atoms with E-state index >= 15 is 0 Å². The number of nitriles is 1. The van der Waals surface area contributed by atoms with Crippen LogP contribution in [0.2, 0.25) is 0 Å². The highest BCUT2D eigenvalue weighted by Crippen LogP contribution is 2.30. The van der Waals surface area contributed by atoms with Crippen molar-refractivity contribution in [2.24, 2.45) is 5.92 Å². The van der Waals surface area contributed by atoms with Gasteiger partial charge in [0.25, 0.3) is 0 Å². The maximum Gasteiger partial charge on any atom is 0.387 e. The lowest BCUT2D eigenvalue weighted by atomic mass is 10.0. The summed E-state index contributed by atoms with van der Waals surface area (Å²) >= 11 is 0. The summed E-state index contributed by atoms with van der Waals surface area (Å²) in [6.07, 6.45) is 1.41. The third kappa shape index (κ3) is 4.09. The monoisotopic (exact) mass is 396 g/mol. The van der Waals surface area contributed by atoms with Crippen LogP contribution in [-0.2, 0) is 10.0 Å². The van der Waals surface area contributed by atoms with Gasteiger partial charge in [-0.05, 0) is 25.1 Å². The number of ether oxygens (including phenoxy) is 1. The molecule has 1 fully saturated rings. The molecule has 0 aliphatic carbocycles. The van der Waals surface area contributed by atoms with Gasteiger partial charge in [-0.3, -0.25) is 4.98 Å². The third-order valence-electron chi connectivity index (χ3n) is 4.43. The predicted octanol–water partition coefficient (Wildman–Crippen LogP) is 2.40. The molecule has 144 valence electrons. The Morgan fingerprint density at radius 3 is 2.81 bits per heavy atom. The molecule has 27 heavy (non-hydrogen) atoms. The highest BCUT2D eigenvalue weighted by Gasteiger charge is 2.34. The second-order valence-electron chi connectivity index (χ2n) is 6.18. The molecule has 10 heteroatoms.